The molecule has 1 fully saturated rings. The number of para-hydroxylation sites is 1. The zero-order chi connectivity index (χ0) is 16.1. The molecule has 3 rings (SSSR count). The van der Waals surface area contributed by atoms with Crippen molar-refractivity contribution in [3.63, 3.8) is 0 Å². The number of aromatic hydroxyl groups is 1. The second kappa shape index (κ2) is 7.17. The molecule has 1 aromatic heterocycles. The molecule has 6 heteroatoms. The van der Waals surface area contributed by atoms with E-state index in [0.717, 1.165) is 31.2 Å². The molecule has 0 unspecified atom stereocenters. The predicted molar refractivity (Wildman–Crippen MR) is 88.1 cm³/mol. The van der Waals surface area contributed by atoms with Gasteiger partial charge in [0, 0.05) is 17.8 Å². The van der Waals surface area contributed by atoms with E-state index in [-0.39, 0.29) is 17.8 Å². The summed E-state index contributed by atoms with van der Waals surface area (Å²) in [6, 6.07) is 7.23. The summed E-state index contributed by atoms with van der Waals surface area (Å²) in [5.74, 6) is 0.226. The highest BCUT2D eigenvalue weighted by atomic mass is 16.3. The Kier molecular flexibility index (Phi) is 4.80. The lowest BCUT2D eigenvalue weighted by molar-refractivity contribution is 0.162. The van der Waals surface area contributed by atoms with Crippen LogP contribution in [-0.2, 0) is 6.54 Å². The summed E-state index contributed by atoms with van der Waals surface area (Å²) < 4.78 is 0. The molecule has 2 aromatic rings. The first-order valence-electron chi connectivity index (χ1n) is 8.07. The van der Waals surface area contributed by atoms with Gasteiger partial charge in [-0.3, -0.25) is 5.10 Å². The van der Waals surface area contributed by atoms with Crippen LogP contribution in [0, 0.1) is 0 Å². The van der Waals surface area contributed by atoms with Crippen LogP contribution in [0.3, 0.4) is 0 Å². The molecule has 0 bridgehead atoms. The van der Waals surface area contributed by atoms with Crippen LogP contribution in [0.2, 0.25) is 0 Å². The van der Waals surface area contributed by atoms with Gasteiger partial charge >= 0.3 is 6.03 Å². The van der Waals surface area contributed by atoms with Gasteiger partial charge in [-0.15, -0.1) is 0 Å². The van der Waals surface area contributed by atoms with Crippen LogP contribution in [0.4, 0.5) is 10.5 Å². The van der Waals surface area contributed by atoms with Gasteiger partial charge in [0.15, 0.2) is 0 Å². The van der Waals surface area contributed by atoms with Gasteiger partial charge in [0.1, 0.15) is 5.75 Å². The lowest BCUT2D eigenvalue weighted by atomic mass is 9.94. The number of phenolic OH excluding ortho intramolecular Hbond substituents is 1. The first kappa shape index (κ1) is 15.4. The van der Waals surface area contributed by atoms with Crippen LogP contribution in [-0.4, -0.2) is 32.3 Å². The van der Waals surface area contributed by atoms with Crippen molar-refractivity contribution in [2.45, 2.75) is 44.7 Å². The Morgan fingerprint density at radius 3 is 2.78 bits per heavy atom. The molecule has 1 aromatic carbocycles. The van der Waals surface area contributed by atoms with Crippen molar-refractivity contribution in [1.29, 1.82) is 0 Å². The number of nitrogens with one attached hydrogen (secondary N) is 2. The number of carbonyl (C=O) groups excluding carboxylic acids is 1. The number of rotatable bonds is 4. The number of anilines is 1. The topological polar surface area (TPSA) is 81.2 Å². The molecule has 1 aliphatic carbocycles. The third-order valence-corrected chi connectivity index (χ3v) is 4.36. The fraction of sp³-hybridized carbons (Fsp3) is 0.412. The Morgan fingerprint density at radius 1 is 1.30 bits per heavy atom. The number of carbonyl (C=O) groups is 1. The fourth-order valence-electron chi connectivity index (χ4n) is 3.10. The van der Waals surface area contributed by atoms with Crippen molar-refractivity contribution < 1.29 is 9.90 Å². The van der Waals surface area contributed by atoms with Gasteiger partial charge in [0.25, 0.3) is 0 Å². The van der Waals surface area contributed by atoms with Gasteiger partial charge in [-0.2, -0.15) is 5.10 Å². The van der Waals surface area contributed by atoms with E-state index in [1.165, 1.54) is 6.42 Å². The molecule has 2 amide bonds. The van der Waals surface area contributed by atoms with Crippen LogP contribution >= 0.6 is 0 Å². The van der Waals surface area contributed by atoms with Crippen LogP contribution in [0.25, 0.3) is 0 Å². The number of hydrogen-bond donors (Lipinski definition) is 3. The maximum Gasteiger partial charge on any atom is 0.322 e. The van der Waals surface area contributed by atoms with Crippen molar-refractivity contribution in [1.82, 2.24) is 15.1 Å². The third kappa shape index (κ3) is 3.83. The molecule has 0 atom stereocenters. The third-order valence-electron chi connectivity index (χ3n) is 4.36. The van der Waals surface area contributed by atoms with E-state index in [4.69, 9.17) is 0 Å². The normalized spacial score (nSPS) is 15.3. The molecule has 0 radical (unpaired) electrons. The monoisotopic (exact) mass is 314 g/mol. The average Bonchev–Trinajstić information content (AvgIpc) is 3.08. The van der Waals surface area contributed by atoms with Crippen molar-refractivity contribution in [2.75, 3.05) is 5.32 Å². The van der Waals surface area contributed by atoms with Crippen LogP contribution in [0.5, 0.6) is 5.75 Å². The van der Waals surface area contributed by atoms with Gasteiger partial charge < -0.3 is 15.3 Å². The van der Waals surface area contributed by atoms with E-state index < -0.39 is 0 Å². The summed E-state index contributed by atoms with van der Waals surface area (Å²) in [6.07, 6.45) is 8.75. The zero-order valence-electron chi connectivity index (χ0n) is 13.0. The first-order chi connectivity index (χ1) is 11.2. The number of aromatic amines is 1. The fourth-order valence-corrected chi connectivity index (χ4v) is 3.10. The Hall–Kier alpha value is -2.50. The van der Waals surface area contributed by atoms with Crippen LogP contribution in [0.15, 0.2) is 36.7 Å². The highest BCUT2D eigenvalue weighted by molar-refractivity contribution is 5.89. The minimum absolute atomic E-state index is 0.151. The number of nitrogens with zero attached hydrogens (tertiary/aromatic N) is 2. The highest BCUT2D eigenvalue weighted by Gasteiger charge is 2.26. The van der Waals surface area contributed by atoms with Crippen molar-refractivity contribution in [2.24, 2.45) is 0 Å². The summed E-state index contributed by atoms with van der Waals surface area (Å²) >= 11 is 0. The molecule has 6 nitrogen and oxygen atoms in total. The van der Waals surface area contributed by atoms with E-state index in [9.17, 15) is 9.90 Å². The molecule has 0 aliphatic heterocycles. The van der Waals surface area contributed by atoms with Gasteiger partial charge in [-0.25, -0.2) is 4.79 Å². The SMILES string of the molecule is O=C(Nc1cn[nH]c1)N(Cc1ccccc1O)C1CCCCC1. The molecule has 1 aliphatic rings. The van der Waals surface area contributed by atoms with Crippen molar-refractivity contribution in [3.8, 4) is 5.75 Å². The maximum absolute atomic E-state index is 12.7. The molecular weight excluding hydrogens is 292 g/mol. The number of amides is 2. The summed E-state index contributed by atoms with van der Waals surface area (Å²) in [5, 5.41) is 19.4. The lowest BCUT2D eigenvalue weighted by Gasteiger charge is -2.34. The minimum atomic E-state index is -0.151. The van der Waals surface area contributed by atoms with Crippen LogP contribution in [0.1, 0.15) is 37.7 Å². The Labute approximate surface area is 135 Å². The van der Waals surface area contributed by atoms with Crippen molar-refractivity contribution in [3.05, 3.63) is 42.2 Å². The minimum Gasteiger partial charge on any atom is -0.508 e. The standard InChI is InChI=1S/C17H22N4O2/c22-16-9-5-4-6-13(16)12-21(15-7-2-1-3-8-15)17(23)20-14-10-18-19-11-14/h4-6,9-11,15,22H,1-3,7-8,12H2,(H,18,19)(H,20,23). The summed E-state index contributed by atoms with van der Waals surface area (Å²) in [7, 11) is 0. The van der Waals surface area contributed by atoms with E-state index in [0.29, 0.717) is 12.2 Å². The largest absolute Gasteiger partial charge is 0.508 e. The lowest BCUT2D eigenvalue weighted by Crippen LogP contribution is -2.43. The molecule has 0 saturated heterocycles. The first-order valence-corrected chi connectivity index (χ1v) is 8.07. The second-order valence-corrected chi connectivity index (χ2v) is 5.97. The molecule has 0 spiro atoms. The van der Waals surface area contributed by atoms with Gasteiger partial charge in [0.2, 0.25) is 0 Å². The van der Waals surface area contributed by atoms with Gasteiger partial charge in [-0.1, -0.05) is 37.5 Å². The van der Waals surface area contributed by atoms with E-state index in [1.54, 1.807) is 24.5 Å². The molecule has 1 heterocycles. The average molecular weight is 314 g/mol. The van der Waals surface area contributed by atoms with Crippen molar-refractivity contribution >= 4 is 11.7 Å². The second-order valence-electron chi connectivity index (χ2n) is 5.97. The van der Waals surface area contributed by atoms with E-state index >= 15 is 0 Å². The zero-order valence-corrected chi connectivity index (χ0v) is 13.0. The predicted octanol–water partition coefficient (Wildman–Crippen LogP) is 3.48. The number of hydrogen-bond acceptors (Lipinski definition) is 3. The molecular formula is C17H22N4O2. The highest BCUT2D eigenvalue weighted by Crippen LogP contribution is 2.27. The molecule has 23 heavy (non-hydrogen) atoms. The number of urea groups is 1. The number of phenols is 1. The van der Waals surface area contributed by atoms with E-state index in [1.807, 2.05) is 17.0 Å². The van der Waals surface area contributed by atoms with Gasteiger partial charge in [0.05, 0.1) is 18.4 Å². The Morgan fingerprint density at radius 2 is 2.09 bits per heavy atom. The number of H-pyrrole nitrogens is 1. The Balaban J connectivity index is 1.78. The van der Waals surface area contributed by atoms with Crippen LogP contribution < -0.4 is 5.32 Å². The van der Waals surface area contributed by atoms with Gasteiger partial charge in [-0.05, 0) is 18.9 Å². The Bertz CT molecular complexity index is 636. The number of aromatic nitrogens is 2. The maximum atomic E-state index is 12.7. The smallest absolute Gasteiger partial charge is 0.322 e. The molecule has 3 N–H and O–H groups in total. The summed E-state index contributed by atoms with van der Waals surface area (Å²) in [6.45, 7) is 0.404. The molecule has 122 valence electrons. The summed E-state index contributed by atoms with van der Waals surface area (Å²) in [5.41, 5.74) is 1.41. The molecule has 1 saturated carbocycles. The quantitative estimate of drug-likeness (QED) is 0.808. The summed E-state index contributed by atoms with van der Waals surface area (Å²) in [4.78, 5) is 14.6. The number of benzene rings is 1. The van der Waals surface area contributed by atoms with E-state index in [2.05, 4.69) is 15.5 Å².